The lowest BCUT2D eigenvalue weighted by atomic mass is 10.1. The van der Waals surface area contributed by atoms with E-state index in [9.17, 15) is 20.1 Å². The van der Waals surface area contributed by atoms with Gasteiger partial charge in [-0.05, 0) is 5.56 Å². The Morgan fingerprint density at radius 1 is 1.15 bits per heavy atom. The van der Waals surface area contributed by atoms with Crippen LogP contribution in [0.4, 0.5) is 0 Å². The highest BCUT2D eigenvalue weighted by Crippen LogP contribution is 2.33. The number of hydrogen-bond acceptors (Lipinski definition) is 8. The van der Waals surface area contributed by atoms with Gasteiger partial charge in [0.1, 0.15) is 24.4 Å². The molecule has 0 radical (unpaired) electrons. The van der Waals surface area contributed by atoms with Crippen LogP contribution in [0.1, 0.15) is 5.56 Å². The molecule has 4 rings (SSSR count). The third-order valence-electron chi connectivity index (χ3n) is 4.90. The number of amides is 1. The SMILES string of the molecule is O=C1C=C[C@@H]2[C@@H](N=NN2[C@@H]2O[C@@H](CO)[C@@H](O)[C@H]2O)N1Cc1ccccc1. The molecule has 1 aromatic rings. The highest BCUT2D eigenvalue weighted by molar-refractivity contribution is 5.89. The predicted octanol–water partition coefficient (Wildman–Crippen LogP) is -0.599. The van der Waals surface area contributed by atoms with Crippen LogP contribution in [0.15, 0.2) is 52.8 Å². The van der Waals surface area contributed by atoms with Crippen molar-refractivity contribution in [2.75, 3.05) is 6.61 Å². The minimum absolute atomic E-state index is 0.169. The highest BCUT2D eigenvalue weighted by Gasteiger charge is 2.51. The third kappa shape index (κ3) is 2.78. The van der Waals surface area contributed by atoms with Gasteiger partial charge in [-0.25, -0.2) is 5.01 Å². The molecule has 1 fully saturated rings. The van der Waals surface area contributed by atoms with Crippen molar-refractivity contribution in [3.63, 3.8) is 0 Å². The van der Waals surface area contributed by atoms with E-state index in [1.165, 1.54) is 11.1 Å². The van der Waals surface area contributed by atoms with Gasteiger partial charge in [0.2, 0.25) is 5.91 Å². The van der Waals surface area contributed by atoms with E-state index in [0.717, 1.165) is 5.56 Å². The predicted molar refractivity (Wildman–Crippen MR) is 88.2 cm³/mol. The minimum Gasteiger partial charge on any atom is -0.394 e. The number of hydrogen-bond donors (Lipinski definition) is 3. The monoisotopic (exact) mass is 360 g/mol. The Bertz CT molecular complexity index is 727. The topological polar surface area (TPSA) is 118 Å². The van der Waals surface area contributed by atoms with Crippen LogP contribution in [-0.2, 0) is 16.1 Å². The van der Waals surface area contributed by atoms with Gasteiger partial charge in [-0.3, -0.25) is 4.79 Å². The van der Waals surface area contributed by atoms with Crippen LogP contribution in [0.25, 0.3) is 0 Å². The number of rotatable bonds is 4. The fraction of sp³-hybridized carbons (Fsp3) is 0.471. The summed E-state index contributed by atoms with van der Waals surface area (Å²) in [6.07, 6.45) is -1.71. The second kappa shape index (κ2) is 6.76. The molecule has 1 aromatic carbocycles. The summed E-state index contributed by atoms with van der Waals surface area (Å²) in [6.45, 7) is -0.0315. The first-order chi connectivity index (χ1) is 12.6. The quantitative estimate of drug-likeness (QED) is 0.660. The smallest absolute Gasteiger partial charge is 0.248 e. The van der Waals surface area contributed by atoms with E-state index in [0.29, 0.717) is 6.54 Å². The molecule has 0 spiro atoms. The number of aliphatic hydroxyl groups excluding tert-OH is 3. The lowest BCUT2D eigenvalue weighted by molar-refractivity contribution is -0.133. The molecule has 0 aromatic heterocycles. The Labute approximate surface area is 149 Å². The summed E-state index contributed by atoms with van der Waals surface area (Å²) in [4.78, 5) is 14.0. The molecule has 3 aliphatic rings. The first-order valence-corrected chi connectivity index (χ1v) is 8.44. The minimum atomic E-state index is -1.24. The Hall–Kier alpha value is -2.33. The van der Waals surface area contributed by atoms with Crippen LogP contribution in [-0.4, -0.2) is 74.5 Å². The zero-order valence-electron chi connectivity index (χ0n) is 13.9. The number of carbonyl (C=O) groups is 1. The molecular weight excluding hydrogens is 340 g/mol. The van der Waals surface area contributed by atoms with Gasteiger partial charge in [-0.15, -0.1) is 5.11 Å². The molecule has 138 valence electrons. The summed E-state index contributed by atoms with van der Waals surface area (Å²) in [6, 6.07) is 9.15. The van der Waals surface area contributed by atoms with Crippen molar-refractivity contribution in [2.24, 2.45) is 10.3 Å². The summed E-state index contributed by atoms with van der Waals surface area (Å²) < 4.78 is 5.53. The van der Waals surface area contributed by atoms with Crippen LogP contribution >= 0.6 is 0 Å². The van der Waals surface area contributed by atoms with Gasteiger partial charge in [0.05, 0.1) is 6.61 Å². The molecule has 9 heteroatoms. The van der Waals surface area contributed by atoms with Crippen molar-refractivity contribution < 1.29 is 24.9 Å². The lowest BCUT2D eigenvalue weighted by Gasteiger charge is -2.36. The average molecular weight is 360 g/mol. The fourth-order valence-electron chi connectivity index (χ4n) is 3.49. The first kappa shape index (κ1) is 17.1. The summed E-state index contributed by atoms with van der Waals surface area (Å²) in [5.74, 6) is -0.169. The molecule has 0 unspecified atom stereocenters. The largest absolute Gasteiger partial charge is 0.394 e. The van der Waals surface area contributed by atoms with Gasteiger partial charge in [-0.2, -0.15) is 0 Å². The molecule has 0 saturated carbocycles. The van der Waals surface area contributed by atoms with Crippen molar-refractivity contribution in [1.82, 2.24) is 9.91 Å². The molecule has 3 N–H and O–H groups in total. The number of ether oxygens (including phenoxy) is 1. The molecular formula is C17H20N4O5. The Morgan fingerprint density at radius 3 is 2.62 bits per heavy atom. The van der Waals surface area contributed by atoms with E-state index in [-0.39, 0.29) is 5.91 Å². The van der Waals surface area contributed by atoms with Crippen molar-refractivity contribution >= 4 is 5.91 Å². The van der Waals surface area contributed by atoms with E-state index >= 15 is 0 Å². The first-order valence-electron chi connectivity index (χ1n) is 8.44. The van der Waals surface area contributed by atoms with Crippen molar-refractivity contribution in [1.29, 1.82) is 0 Å². The highest BCUT2D eigenvalue weighted by atomic mass is 16.6. The number of aliphatic hydroxyl groups is 3. The number of benzene rings is 1. The Balaban J connectivity index is 1.54. The maximum atomic E-state index is 12.3. The normalized spacial score (nSPS) is 36.0. The fourth-order valence-corrected chi connectivity index (χ4v) is 3.49. The molecule has 3 heterocycles. The van der Waals surface area contributed by atoms with E-state index in [4.69, 9.17) is 4.74 Å². The maximum Gasteiger partial charge on any atom is 0.248 e. The molecule has 0 aliphatic carbocycles. The molecule has 0 bridgehead atoms. The molecule has 3 aliphatic heterocycles. The number of fused-ring (bicyclic) bond motifs is 1. The van der Waals surface area contributed by atoms with Crippen molar-refractivity contribution in [2.45, 2.75) is 43.3 Å². The third-order valence-corrected chi connectivity index (χ3v) is 4.90. The zero-order chi connectivity index (χ0) is 18.3. The number of nitrogens with zero attached hydrogens (tertiary/aromatic N) is 4. The van der Waals surface area contributed by atoms with Crippen molar-refractivity contribution in [3.8, 4) is 0 Å². The summed E-state index contributed by atoms with van der Waals surface area (Å²) in [7, 11) is 0. The average Bonchev–Trinajstić information content (AvgIpc) is 3.20. The standard InChI is InChI=1S/C17H20N4O5/c22-9-12-14(24)15(25)17(26-12)21-11-6-7-13(23)20(16(11)18-19-21)8-10-4-2-1-3-5-10/h1-7,11-12,14-17,22,24-25H,8-9H2/t11-,12+,14-,15-,16+,17-/m1/s1. The van der Waals surface area contributed by atoms with E-state index in [2.05, 4.69) is 10.3 Å². The molecule has 1 amide bonds. The van der Waals surface area contributed by atoms with Gasteiger partial charge in [-0.1, -0.05) is 41.6 Å². The van der Waals surface area contributed by atoms with Crippen LogP contribution < -0.4 is 0 Å². The van der Waals surface area contributed by atoms with Crippen LogP contribution in [0.2, 0.25) is 0 Å². The second-order valence-corrected chi connectivity index (χ2v) is 6.53. The van der Waals surface area contributed by atoms with E-state index in [1.54, 1.807) is 11.0 Å². The molecule has 1 saturated heterocycles. The maximum absolute atomic E-state index is 12.3. The van der Waals surface area contributed by atoms with Gasteiger partial charge < -0.3 is 25.0 Å². The van der Waals surface area contributed by atoms with Crippen LogP contribution in [0.3, 0.4) is 0 Å². The van der Waals surface area contributed by atoms with Crippen molar-refractivity contribution in [3.05, 3.63) is 48.0 Å². The molecule has 26 heavy (non-hydrogen) atoms. The summed E-state index contributed by atoms with van der Waals surface area (Å²) in [5.41, 5.74) is 0.969. The summed E-state index contributed by atoms with van der Waals surface area (Å²) in [5, 5.41) is 39.1. The lowest BCUT2D eigenvalue weighted by Crippen LogP contribution is -2.53. The van der Waals surface area contributed by atoms with Gasteiger partial charge in [0.15, 0.2) is 12.4 Å². The van der Waals surface area contributed by atoms with Gasteiger partial charge >= 0.3 is 0 Å². The second-order valence-electron chi connectivity index (χ2n) is 6.53. The van der Waals surface area contributed by atoms with Gasteiger partial charge in [0, 0.05) is 12.6 Å². The molecule has 9 nitrogen and oxygen atoms in total. The van der Waals surface area contributed by atoms with E-state index in [1.807, 2.05) is 30.3 Å². The Kier molecular flexibility index (Phi) is 4.45. The van der Waals surface area contributed by atoms with Crippen LogP contribution in [0.5, 0.6) is 0 Å². The number of carbonyl (C=O) groups excluding carboxylic acids is 1. The van der Waals surface area contributed by atoms with E-state index < -0.39 is 43.4 Å². The van der Waals surface area contributed by atoms with Gasteiger partial charge in [0.25, 0.3) is 0 Å². The van der Waals surface area contributed by atoms with Crippen LogP contribution in [0, 0.1) is 0 Å². The Morgan fingerprint density at radius 2 is 1.92 bits per heavy atom. The summed E-state index contributed by atoms with van der Waals surface area (Å²) >= 11 is 0. The zero-order valence-corrected chi connectivity index (χ0v) is 13.9. The molecule has 6 atom stereocenters.